The number of hydrogen-bond acceptors (Lipinski definition) is 5. The van der Waals surface area contributed by atoms with Crippen molar-refractivity contribution in [3.05, 3.63) is 84.4 Å². The highest BCUT2D eigenvalue weighted by molar-refractivity contribution is 6.15. The number of rotatable bonds is 3. The van der Waals surface area contributed by atoms with Crippen molar-refractivity contribution < 1.29 is 4.79 Å². The van der Waals surface area contributed by atoms with E-state index >= 15 is 0 Å². The maximum Gasteiger partial charge on any atom is 0.350 e. The number of pyridine rings is 2. The van der Waals surface area contributed by atoms with Crippen LogP contribution in [0.4, 0.5) is 16.2 Å². The van der Waals surface area contributed by atoms with E-state index in [2.05, 4.69) is 21.1 Å². The number of urea groups is 1. The van der Waals surface area contributed by atoms with Gasteiger partial charge in [0.05, 0.1) is 35.4 Å². The molecule has 0 N–H and O–H groups in total. The van der Waals surface area contributed by atoms with Gasteiger partial charge in [0, 0.05) is 12.4 Å². The molecule has 2 aromatic heterocycles. The molecule has 0 bridgehead atoms. The molecule has 0 unspecified atom stereocenters. The lowest BCUT2D eigenvalue weighted by Gasteiger charge is -2.33. The maximum atomic E-state index is 13.2. The van der Waals surface area contributed by atoms with Gasteiger partial charge in [-0.25, -0.2) is 4.79 Å². The third kappa shape index (κ3) is 3.12. The summed E-state index contributed by atoms with van der Waals surface area (Å²) in [5.74, 6) is 0. The second-order valence-corrected chi connectivity index (χ2v) is 5.78. The van der Waals surface area contributed by atoms with E-state index in [1.165, 1.54) is 5.01 Å². The van der Waals surface area contributed by atoms with Crippen LogP contribution in [0.25, 0.3) is 0 Å². The van der Waals surface area contributed by atoms with E-state index in [1.54, 1.807) is 59.9 Å². The molecule has 130 valence electrons. The smallest absolute Gasteiger partial charge is 0.285 e. The van der Waals surface area contributed by atoms with Crippen molar-refractivity contribution in [1.29, 1.82) is 5.26 Å². The Morgan fingerprint density at radius 2 is 1.85 bits per heavy atom. The fraction of sp³-hybridized carbons (Fsp3) is 0.0500. The second-order valence-electron chi connectivity index (χ2n) is 5.78. The van der Waals surface area contributed by atoms with E-state index in [-0.39, 0.29) is 12.6 Å². The van der Waals surface area contributed by atoms with Crippen LogP contribution in [0.15, 0.2) is 78.3 Å². The molecule has 0 saturated heterocycles. The fourth-order valence-corrected chi connectivity index (χ4v) is 2.82. The molecule has 0 radical (unpaired) electrons. The Morgan fingerprint density at radius 3 is 2.59 bits per heavy atom. The average molecular weight is 354 g/mol. The number of anilines is 2. The predicted molar refractivity (Wildman–Crippen MR) is 101 cm³/mol. The molecular weight excluding hydrogens is 340 g/mol. The molecule has 2 amide bonds. The quantitative estimate of drug-likeness (QED) is 0.723. The Labute approximate surface area is 155 Å². The average Bonchev–Trinajstić information content (AvgIpc) is 2.75. The summed E-state index contributed by atoms with van der Waals surface area (Å²) in [5.41, 5.74) is 2.71. The van der Waals surface area contributed by atoms with Gasteiger partial charge in [0.2, 0.25) is 0 Å². The van der Waals surface area contributed by atoms with E-state index in [1.807, 2.05) is 18.2 Å². The molecule has 0 fully saturated rings. The van der Waals surface area contributed by atoms with Gasteiger partial charge in [0.25, 0.3) is 0 Å². The summed E-state index contributed by atoms with van der Waals surface area (Å²) in [6.07, 6.45) is 4.94. The Morgan fingerprint density at radius 1 is 1.00 bits per heavy atom. The van der Waals surface area contributed by atoms with Crippen molar-refractivity contribution >= 4 is 23.1 Å². The zero-order chi connectivity index (χ0) is 18.6. The van der Waals surface area contributed by atoms with Crippen molar-refractivity contribution in [2.75, 3.05) is 16.5 Å². The standard InChI is InChI=1S/C20H14N6O/c21-12-15-6-1-2-9-19(15)26-20(27)25(16-7-5-10-22-13-16)14-18(24-26)17-8-3-4-11-23-17/h1-11,13H,14H2. The summed E-state index contributed by atoms with van der Waals surface area (Å²) in [5, 5.41) is 15.2. The molecule has 7 heteroatoms. The van der Waals surface area contributed by atoms with Crippen LogP contribution in [0.3, 0.4) is 0 Å². The Bertz CT molecular complexity index is 1040. The number of amides is 2. The summed E-state index contributed by atoms with van der Waals surface area (Å²) in [7, 11) is 0. The molecule has 1 aromatic carbocycles. The lowest BCUT2D eigenvalue weighted by Crippen LogP contribution is -2.49. The normalized spacial score (nSPS) is 13.9. The molecule has 3 heterocycles. The van der Waals surface area contributed by atoms with Crippen LogP contribution >= 0.6 is 0 Å². The van der Waals surface area contributed by atoms with Gasteiger partial charge >= 0.3 is 6.03 Å². The first-order valence-corrected chi connectivity index (χ1v) is 8.27. The summed E-state index contributed by atoms with van der Waals surface area (Å²) >= 11 is 0. The van der Waals surface area contributed by atoms with Gasteiger partial charge in [-0.1, -0.05) is 18.2 Å². The second kappa shape index (κ2) is 7.06. The Balaban J connectivity index is 1.85. The van der Waals surface area contributed by atoms with Crippen LogP contribution in [0, 0.1) is 11.3 Å². The first-order valence-electron chi connectivity index (χ1n) is 8.27. The van der Waals surface area contributed by atoms with Gasteiger partial charge in [-0.15, -0.1) is 0 Å². The van der Waals surface area contributed by atoms with E-state index in [0.717, 1.165) is 0 Å². The predicted octanol–water partition coefficient (Wildman–Crippen LogP) is 3.20. The number of hydrazone groups is 1. The molecule has 3 aromatic rings. The van der Waals surface area contributed by atoms with Crippen molar-refractivity contribution in [1.82, 2.24) is 9.97 Å². The zero-order valence-corrected chi connectivity index (χ0v) is 14.2. The molecule has 27 heavy (non-hydrogen) atoms. The number of aromatic nitrogens is 2. The highest BCUT2D eigenvalue weighted by Gasteiger charge is 2.32. The van der Waals surface area contributed by atoms with E-state index in [4.69, 9.17) is 0 Å². The number of nitriles is 1. The van der Waals surface area contributed by atoms with E-state index < -0.39 is 0 Å². The first-order chi connectivity index (χ1) is 13.3. The summed E-state index contributed by atoms with van der Waals surface area (Å²) < 4.78 is 0. The first kappa shape index (κ1) is 16.4. The third-order valence-electron chi connectivity index (χ3n) is 4.11. The van der Waals surface area contributed by atoms with Crippen LogP contribution in [0.2, 0.25) is 0 Å². The monoisotopic (exact) mass is 354 g/mol. The molecular formula is C20H14N6O. The van der Waals surface area contributed by atoms with Crippen molar-refractivity contribution in [2.45, 2.75) is 0 Å². The topological polar surface area (TPSA) is 85.5 Å². The van der Waals surface area contributed by atoms with Crippen LogP contribution in [-0.2, 0) is 0 Å². The minimum absolute atomic E-state index is 0.257. The molecule has 4 rings (SSSR count). The van der Waals surface area contributed by atoms with Crippen LogP contribution in [0.5, 0.6) is 0 Å². The van der Waals surface area contributed by atoms with Gasteiger partial charge in [-0.3, -0.25) is 14.9 Å². The van der Waals surface area contributed by atoms with Gasteiger partial charge in [0.1, 0.15) is 11.8 Å². The minimum atomic E-state index is -0.356. The Kier molecular flexibility index (Phi) is 4.29. The lowest BCUT2D eigenvalue weighted by atomic mass is 10.1. The number of carbonyl (C=O) groups excluding carboxylic acids is 1. The lowest BCUT2D eigenvalue weighted by molar-refractivity contribution is 0.251. The van der Waals surface area contributed by atoms with Crippen LogP contribution < -0.4 is 9.91 Å². The SMILES string of the molecule is N#Cc1ccccc1N1N=C(c2ccccn2)CN(c2cccnc2)C1=O. The largest absolute Gasteiger partial charge is 0.350 e. The van der Waals surface area contributed by atoms with Crippen molar-refractivity contribution in [3.8, 4) is 6.07 Å². The molecule has 7 nitrogen and oxygen atoms in total. The molecule has 0 spiro atoms. The number of para-hydroxylation sites is 1. The molecule has 0 saturated carbocycles. The third-order valence-corrected chi connectivity index (χ3v) is 4.11. The van der Waals surface area contributed by atoms with Crippen LogP contribution in [-0.4, -0.2) is 28.3 Å². The zero-order valence-electron chi connectivity index (χ0n) is 14.2. The molecule has 0 aliphatic carbocycles. The number of carbonyl (C=O) groups is 1. The number of benzene rings is 1. The number of nitrogens with zero attached hydrogens (tertiary/aromatic N) is 6. The minimum Gasteiger partial charge on any atom is -0.285 e. The summed E-state index contributed by atoms with van der Waals surface area (Å²) in [4.78, 5) is 23.2. The van der Waals surface area contributed by atoms with Crippen LogP contribution in [0.1, 0.15) is 11.3 Å². The fourth-order valence-electron chi connectivity index (χ4n) is 2.82. The van der Waals surface area contributed by atoms with Gasteiger partial charge in [0.15, 0.2) is 0 Å². The van der Waals surface area contributed by atoms with E-state index in [0.29, 0.717) is 28.3 Å². The summed E-state index contributed by atoms with van der Waals surface area (Å²) in [6.45, 7) is 0.257. The van der Waals surface area contributed by atoms with Gasteiger partial charge in [-0.05, 0) is 36.4 Å². The highest BCUT2D eigenvalue weighted by Crippen LogP contribution is 2.27. The molecule has 0 atom stereocenters. The van der Waals surface area contributed by atoms with Gasteiger partial charge in [-0.2, -0.15) is 15.4 Å². The number of hydrogen-bond donors (Lipinski definition) is 0. The Hall–Kier alpha value is -4.05. The maximum absolute atomic E-state index is 13.2. The van der Waals surface area contributed by atoms with E-state index in [9.17, 15) is 10.1 Å². The van der Waals surface area contributed by atoms with Crippen molar-refractivity contribution in [3.63, 3.8) is 0 Å². The van der Waals surface area contributed by atoms with Crippen molar-refractivity contribution in [2.24, 2.45) is 5.10 Å². The van der Waals surface area contributed by atoms with Gasteiger partial charge < -0.3 is 0 Å². The molecule has 1 aliphatic heterocycles. The summed E-state index contributed by atoms with van der Waals surface area (Å²) in [6, 6.07) is 17.7. The highest BCUT2D eigenvalue weighted by atomic mass is 16.2. The molecule has 1 aliphatic rings.